The molecule has 2 saturated carbocycles. The smallest absolute Gasteiger partial charge is 0.277 e. The Morgan fingerprint density at radius 2 is 1.83 bits per heavy atom. The van der Waals surface area contributed by atoms with Crippen molar-refractivity contribution in [3.63, 3.8) is 0 Å². The Morgan fingerprint density at radius 3 is 2.33 bits per heavy atom. The van der Waals surface area contributed by atoms with E-state index in [1.807, 2.05) is 0 Å². The summed E-state index contributed by atoms with van der Waals surface area (Å²) in [5, 5.41) is 2.33. The number of nitrogens with one attached hydrogen (secondary N) is 1. The monoisotopic (exact) mass is 250 g/mol. The highest BCUT2D eigenvalue weighted by atomic mass is 16.2. The predicted molar refractivity (Wildman–Crippen MR) is 63.5 cm³/mol. The van der Waals surface area contributed by atoms with Crippen molar-refractivity contribution in [1.29, 1.82) is 0 Å². The number of carbonyl (C=O) groups excluding carboxylic acids is 3. The van der Waals surface area contributed by atoms with E-state index in [2.05, 4.69) is 12.2 Å². The van der Waals surface area contributed by atoms with E-state index in [9.17, 15) is 14.4 Å². The molecule has 0 radical (unpaired) electrons. The highest BCUT2D eigenvalue weighted by Crippen LogP contribution is 2.53. The van der Waals surface area contributed by atoms with Crippen molar-refractivity contribution in [3.8, 4) is 0 Å². The molecule has 18 heavy (non-hydrogen) atoms. The second kappa shape index (κ2) is 3.56. The summed E-state index contributed by atoms with van der Waals surface area (Å²) in [5.74, 6) is -0.660. The van der Waals surface area contributed by atoms with E-state index in [0.717, 1.165) is 25.7 Å². The van der Waals surface area contributed by atoms with E-state index in [1.165, 1.54) is 4.90 Å². The molecule has 0 aromatic carbocycles. The van der Waals surface area contributed by atoms with Crippen LogP contribution in [0.4, 0.5) is 4.79 Å². The lowest BCUT2D eigenvalue weighted by molar-refractivity contribution is -0.145. The summed E-state index contributed by atoms with van der Waals surface area (Å²) >= 11 is 0. The van der Waals surface area contributed by atoms with Crippen LogP contribution in [0.25, 0.3) is 0 Å². The fraction of sp³-hybridized carbons (Fsp3) is 0.769. The Hall–Kier alpha value is -1.39. The molecule has 1 spiro atoms. The SMILES string of the molecule is CCCC1(CN2C(=O)NC(=O)C3(CC3)C2=O)CC1. The highest BCUT2D eigenvalue weighted by Gasteiger charge is 2.63. The minimum Gasteiger partial charge on any atom is -0.277 e. The molecule has 1 N–H and O–H groups in total. The molecule has 0 aromatic heterocycles. The Morgan fingerprint density at radius 1 is 1.17 bits per heavy atom. The first-order valence-corrected chi connectivity index (χ1v) is 6.70. The third-order valence-corrected chi connectivity index (χ3v) is 4.54. The lowest BCUT2D eigenvalue weighted by Gasteiger charge is -2.32. The molecule has 0 unspecified atom stereocenters. The van der Waals surface area contributed by atoms with Crippen LogP contribution in [0.1, 0.15) is 45.4 Å². The standard InChI is InChI=1S/C13H18N2O3/c1-2-3-12(4-5-12)8-15-10(17)13(6-7-13)9(16)14-11(15)18/h2-8H2,1H3,(H,14,16,18). The minimum atomic E-state index is -0.893. The van der Waals surface area contributed by atoms with Crippen molar-refractivity contribution in [1.82, 2.24) is 10.2 Å². The summed E-state index contributed by atoms with van der Waals surface area (Å²) in [6.45, 7) is 2.60. The number of amides is 4. The van der Waals surface area contributed by atoms with Gasteiger partial charge in [-0.25, -0.2) is 4.79 Å². The van der Waals surface area contributed by atoms with Crippen LogP contribution in [0.3, 0.4) is 0 Å². The first kappa shape index (κ1) is 11.7. The van der Waals surface area contributed by atoms with Gasteiger partial charge >= 0.3 is 6.03 Å². The molecular formula is C13H18N2O3. The third-order valence-electron chi connectivity index (χ3n) is 4.54. The van der Waals surface area contributed by atoms with Crippen LogP contribution in [0, 0.1) is 10.8 Å². The molecule has 0 bridgehead atoms. The van der Waals surface area contributed by atoms with E-state index in [-0.39, 0.29) is 11.3 Å². The molecule has 2 aliphatic carbocycles. The molecule has 98 valence electrons. The molecule has 5 heteroatoms. The van der Waals surface area contributed by atoms with E-state index in [1.54, 1.807) is 0 Å². The summed E-state index contributed by atoms with van der Waals surface area (Å²) in [6.07, 6.45) is 5.45. The van der Waals surface area contributed by atoms with Gasteiger partial charge in [0.15, 0.2) is 0 Å². The minimum absolute atomic E-state index is 0.137. The number of rotatable bonds is 4. The predicted octanol–water partition coefficient (Wildman–Crippen LogP) is 1.43. The van der Waals surface area contributed by atoms with Gasteiger partial charge in [-0.2, -0.15) is 0 Å². The molecule has 3 fully saturated rings. The van der Waals surface area contributed by atoms with Gasteiger partial charge in [-0.1, -0.05) is 13.3 Å². The van der Waals surface area contributed by atoms with Gasteiger partial charge in [0.05, 0.1) is 0 Å². The molecule has 4 amide bonds. The van der Waals surface area contributed by atoms with E-state index in [0.29, 0.717) is 19.4 Å². The van der Waals surface area contributed by atoms with Crippen LogP contribution in [0.5, 0.6) is 0 Å². The number of carbonyl (C=O) groups is 3. The topological polar surface area (TPSA) is 66.5 Å². The maximum absolute atomic E-state index is 12.3. The molecular weight excluding hydrogens is 232 g/mol. The van der Waals surface area contributed by atoms with Gasteiger partial charge in [0.1, 0.15) is 5.41 Å². The summed E-state index contributed by atoms with van der Waals surface area (Å²) in [5.41, 5.74) is -0.756. The Bertz CT molecular complexity index is 436. The quantitative estimate of drug-likeness (QED) is 0.767. The van der Waals surface area contributed by atoms with Gasteiger partial charge in [-0.05, 0) is 37.5 Å². The van der Waals surface area contributed by atoms with Crippen LogP contribution in [0.15, 0.2) is 0 Å². The van der Waals surface area contributed by atoms with Crippen molar-refractivity contribution >= 4 is 17.8 Å². The number of hydrogen-bond donors (Lipinski definition) is 1. The molecule has 0 aromatic rings. The average molecular weight is 250 g/mol. The highest BCUT2D eigenvalue weighted by molar-refractivity contribution is 6.20. The summed E-state index contributed by atoms with van der Waals surface area (Å²) < 4.78 is 0. The summed E-state index contributed by atoms with van der Waals surface area (Å²) in [7, 11) is 0. The summed E-state index contributed by atoms with van der Waals surface area (Å²) in [4.78, 5) is 37.1. The van der Waals surface area contributed by atoms with Crippen LogP contribution < -0.4 is 5.32 Å². The first-order chi connectivity index (χ1) is 8.53. The number of imide groups is 2. The zero-order valence-corrected chi connectivity index (χ0v) is 10.6. The van der Waals surface area contributed by atoms with Crippen LogP contribution in [-0.4, -0.2) is 29.3 Å². The van der Waals surface area contributed by atoms with Gasteiger partial charge in [0.25, 0.3) is 0 Å². The second-order valence-corrected chi connectivity index (χ2v) is 5.98. The zero-order chi connectivity index (χ0) is 13.0. The molecule has 1 aliphatic heterocycles. The first-order valence-electron chi connectivity index (χ1n) is 6.70. The normalized spacial score (nSPS) is 27.4. The van der Waals surface area contributed by atoms with Crippen LogP contribution >= 0.6 is 0 Å². The average Bonchev–Trinajstić information content (AvgIpc) is 3.20. The molecule has 3 aliphatic rings. The largest absolute Gasteiger partial charge is 0.330 e. The van der Waals surface area contributed by atoms with Gasteiger partial charge in [-0.3, -0.25) is 19.8 Å². The van der Waals surface area contributed by atoms with E-state index in [4.69, 9.17) is 0 Å². The molecule has 3 rings (SSSR count). The Kier molecular flexibility index (Phi) is 2.31. The molecule has 5 nitrogen and oxygen atoms in total. The fourth-order valence-corrected chi connectivity index (χ4v) is 2.97. The van der Waals surface area contributed by atoms with Gasteiger partial charge in [0, 0.05) is 6.54 Å². The summed E-state index contributed by atoms with van der Waals surface area (Å²) in [6, 6.07) is -0.523. The lowest BCUT2D eigenvalue weighted by atomic mass is 9.96. The fourth-order valence-electron chi connectivity index (χ4n) is 2.97. The van der Waals surface area contributed by atoms with Crippen molar-refractivity contribution < 1.29 is 14.4 Å². The van der Waals surface area contributed by atoms with Gasteiger partial charge < -0.3 is 0 Å². The van der Waals surface area contributed by atoms with Gasteiger partial charge in [0.2, 0.25) is 11.8 Å². The zero-order valence-electron chi connectivity index (χ0n) is 10.6. The molecule has 0 atom stereocenters. The van der Waals surface area contributed by atoms with Crippen LogP contribution in [0.2, 0.25) is 0 Å². The Labute approximate surface area is 106 Å². The van der Waals surface area contributed by atoms with Crippen molar-refractivity contribution in [2.24, 2.45) is 10.8 Å². The molecule has 1 saturated heterocycles. The maximum Gasteiger partial charge on any atom is 0.330 e. The maximum atomic E-state index is 12.3. The van der Waals surface area contributed by atoms with Gasteiger partial charge in [-0.15, -0.1) is 0 Å². The van der Waals surface area contributed by atoms with Crippen LogP contribution in [-0.2, 0) is 9.59 Å². The third kappa shape index (κ3) is 1.56. The van der Waals surface area contributed by atoms with E-state index < -0.39 is 17.4 Å². The Balaban J connectivity index is 1.77. The second-order valence-electron chi connectivity index (χ2n) is 5.98. The number of nitrogens with zero attached hydrogens (tertiary/aromatic N) is 1. The number of barbiturate groups is 1. The number of hydrogen-bond acceptors (Lipinski definition) is 3. The number of urea groups is 1. The van der Waals surface area contributed by atoms with Crippen molar-refractivity contribution in [3.05, 3.63) is 0 Å². The van der Waals surface area contributed by atoms with Crippen molar-refractivity contribution in [2.45, 2.75) is 45.4 Å². The molecule has 1 heterocycles. The lowest BCUT2D eigenvalue weighted by Crippen LogP contribution is -2.60. The van der Waals surface area contributed by atoms with E-state index >= 15 is 0 Å². The van der Waals surface area contributed by atoms with Crippen molar-refractivity contribution in [2.75, 3.05) is 6.54 Å².